The molecule has 0 saturated carbocycles. The maximum absolute atomic E-state index is 12.2. The van der Waals surface area contributed by atoms with E-state index in [0.29, 0.717) is 31.3 Å². The molecule has 0 bridgehead atoms. The zero-order valence-corrected chi connectivity index (χ0v) is 18.7. The minimum absolute atomic E-state index is 0.0125. The monoisotopic (exact) mass is 445 g/mol. The average Bonchev–Trinajstić information content (AvgIpc) is 3.33. The lowest BCUT2D eigenvalue weighted by Crippen LogP contribution is -2.36. The molecular weight excluding hydrogens is 418 g/mol. The number of morpholine rings is 1. The first kappa shape index (κ1) is 22.6. The predicted octanol–water partition coefficient (Wildman–Crippen LogP) is 4.00. The summed E-state index contributed by atoms with van der Waals surface area (Å²) in [5.74, 6) is 0.677. The van der Waals surface area contributed by atoms with Gasteiger partial charge in [-0.3, -0.25) is 4.79 Å². The molecular formula is C26H27N3O4. The minimum atomic E-state index is -0.447. The Labute approximate surface area is 193 Å². The lowest BCUT2D eigenvalue weighted by molar-refractivity contribution is -0.117. The first-order chi connectivity index (χ1) is 16.2. The standard InChI is InChI=1S/C26H27N3O4/c1-2-31-12-9-28-26(30)22(18-27)17-24-7-8-25(33-24)21-4-3-20-16-23(6-5-19(20)15-21)29-10-13-32-14-11-29/h3-8,15-17H,2,9-14H2,1H3,(H,28,30)/b22-17+. The summed E-state index contributed by atoms with van der Waals surface area (Å²) in [6.45, 7) is 6.54. The SMILES string of the molecule is CCOCCNC(=O)/C(C#N)=C/c1ccc(-c2ccc3cc(N4CCOCC4)ccc3c2)o1. The lowest BCUT2D eigenvalue weighted by atomic mass is 10.0. The zero-order valence-electron chi connectivity index (χ0n) is 18.7. The van der Waals surface area contributed by atoms with Gasteiger partial charge in [0.1, 0.15) is 23.2 Å². The van der Waals surface area contributed by atoms with E-state index in [9.17, 15) is 10.1 Å². The fourth-order valence-corrected chi connectivity index (χ4v) is 3.76. The molecule has 2 heterocycles. The number of benzene rings is 2. The molecule has 1 N–H and O–H groups in total. The quantitative estimate of drug-likeness (QED) is 0.320. The highest BCUT2D eigenvalue weighted by Gasteiger charge is 2.13. The second kappa shape index (κ2) is 10.8. The second-order valence-corrected chi connectivity index (χ2v) is 7.67. The van der Waals surface area contributed by atoms with Crippen LogP contribution in [-0.4, -0.2) is 52.0 Å². The summed E-state index contributed by atoms with van der Waals surface area (Å²) in [5.41, 5.74) is 2.12. The average molecular weight is 446 g/mol. The van der Waals surface area contributed by atoms with Crippen LogP contribution in [0, 0.1) is 11.3 Å². The summed E-state index contributed by atoms with van der Waals surface area (Å²) >= 11 is 0. The van der Waals surface area contributed by atoms with Crippen LogP contribution in [0.1, 0.15) is 12.7 Å². The molecule has 1 amide bonds. The van der Waals surface area contributed by atoms with Gasteiger partial charge in [0.15, 0.2) is 0 Å². The molecule has 4 rings (SSSR count). The van der Waals surface area contributed by atoms with E-state index in [0.717, 1.165) is 42.6 Å². The van der Waals surface area contributed by atoms with Gasteiger partial charge in [-0.2, -0.15) is 5.26 Å². The third kappa shape index (κ3) is 5.61. The fourth-order valence-electron chi connectivity index (χ4n) is 3.76. The molecule has 0 aliphatic carbocycles. The molecule has 0 radical (unpaired) electrons. The molecule has 170 valence electrons. The van der Waals surface area contributed by atoms with Gasteiger partial charge in [-0.15, -0.1) is 0 Å². The van der Waals surface area contributed by atoms with Crippen molar-refractivity contribution in [1.29, 1.82) is 5.26 Å². The molecule has 33 heavy (non-hydrogen) atoms. The first-order valence-electron chi connectivity index (χ1n) is 11.1. The number of nitrogens with one attached hydrogen (secondary N) is 1. The molecule has 1 aliphatic heterocycles. The van der Waals surface area contributed by atoms with Crippen molar-refractivity contribution < 1.29 is 18.7 Å². The Bertz CT molecular complexity index is 1190. The van der Waals surface area contributed by atoms with Gasteiger partial charge in [0, 0.05) is 43.6 Å². The van der Waals surface area contributed by atoms with Gasteiger partial charge in [0.05, 0.1) is 19.8 Å². The third-order valence-electron chi connectivity index (χ3n) is 5.50. The Morgan fingerprint density at radius 2 is 1.94 bits per heavy atom. The molecule has 7 nitrogen and oxygen atoms in total. The van der Waals surface area contributed by atoms with Crippen molar-refractivity contribution in [3.05, 3.63) is 59.9 Å². The van der Waals surface area contributed by atoms with Gasteiger partial charge in [-0.05, 0) is 48.0 Å². The smallest absolute Gasteiger partial charge is 0.262 e. The number of furan rings is 1. The Morgan fingerprint density at radius 3 is 2.73 bits per heavy atom. The number of hydrogen-bond donors (Lipinski definition) is 1. The van der Waals surface area contributed by atoms with E-state index in [1.807, 2.05) is 25.1 Å². The Kier molecular flexibility index (Phi) is 7.40. The maximum Gasteiger partial charge on any atom is 0.262 e. The lowest BCUT2D eigenvalue weighted by Gasteiger charge is -2.29. The van der Waals surface area contributed by atoms with Crippen LogP contribution < -0.4 is 10.2 Å². The summed E-state index contributed by atoms with van der Waals surface area (Å²) in [6, 6.07) is 18.2. The van der Waals surface area contributed by atoms with Crippen LogP contribution in [-0.2, 0) is 14.3 Å². The summed E-state index contributed by atoms with van der Waals surface area (Å²) in [6.07, 6.45) is 1.45. The van der Waals surface area contributed by atoms with Crippen LogP contribution in [0.4, 0.5) is 5.69 Å². The van der Waals surface area contributed by atoms with Crippen molar-refractivity contribution in [3.63, 3.8) is 0 Å². The van der Waals surface area contributed by atoms with E-state index in [1.165, 1.54) is 11.8 Å². The molecule has 0 atom stereocenters. The summed E-state index contributed by atoms with van der Waals surface area (Å²) in [7, 11) is 0. The Hall–Kier alpha value is -3.60. The van der Waals surface area contributed by atoms with Crippen LogP contribution in [0.5, 0.6) is 0 Å². The molecule has 1 aliphatic rings. The molecule has 7 heteroatoms. The normalized spacial score (nSPS) is 14.3. The molecule has 3 aromatic rings. The molecule has 1 aromatic heterocycles. The molecule has 1 fully saturated rings. The van der Waals surface area contributed by atoms with Gasteiger partial charge in [0.25, 0.3) is 5.91 Å². The maximum atomic E-state index is 12.2. The van der Waals surface area contributed by atoms with Gasteiger partial charge >= 0.3 is 0 Å². The molecule has 1 saturated heterocycles. The predicted molar refractivity (Wildman–Crippen MR) is 128 cm³/mol. The van der Waals surface area contributed by atoms with Crippen molar-refractivity contribution in [2.45, 2.75) is 6.92 Å². The summed E-state index contributed by atoms with van der Waals surface area (Å²) < 4.78 is 16.5. The van der Waals surface area contributed by atoms with Crippen molar-refractivity contribution in [2.75, 3.05) is 51.0 Å². The Morgan fingerprint density at radius 1 is 1.15 bits per heavy atom. The van der Waals surface area contributed by atoms with Crippen LogP contribution in [0.3, 0.4) is 0 Å². The minimum Gasteiger partial charge on any atom is -0.457 e. The Balaban J connectivity index is 1.49. The van der Waals surface area contributed by atoms with Gasteiger partial charge < -0.3 is 24.1 Å². The molecule has 0 spiro atoms. The van der Waals surface area contributed by atoms with Gasteiger partial charge in [-0.25, -0.2) is 0 Å². The third-order valence-corrected chi connectivity index (χ3v) is 5.50. The number of rotatable bonds is 8. The highest BCUT2D eigenvalue weighted by atomic mass is 16.5. The molecule has 2 aromatic carbocycles. The molecule has 0 unspecified atom stereocenters. The van der Waals surface area contributed by atoms with E-state index in [4.69, 9.17) is 13.9 Å². The number of nitriles is 1. The zero-order chi connectivity index (χ0) is 23.0. The fraction of sp³-hybridized carbons (Fsp3) is 0.308. The van der Waals surface area contributed by atoms with Crippen molar-refractivity contribution in [1.82, 2.24) is 5.32 Å². The highest BCUT2D eigenvalue weighted by molar-refractivity contribution is 6.01. The van der Waals surface area contributed by atoms with Gasteiger partial charge in [-0.1, -0.05) is 18.2 Å². The number of ether oxygens (including phenoxy) is 2. The second-order valence-electron chi connectivity index (χ2n) is 7.67. The number of anilines is 1. The number of amides is 1. The first-order valence-corrected chi connectivity index (χ1v) is 11.1. The summed E-state index contributed by atoms with van der Waals surface area (Å²) in [4.78, 5) is 14.5. The van der Waals surface area contributed by atoms with E-state index >= 15 is 0 Å². The van der Waals surface area contributed by atoms with Crippen molar-refractivity contribution >= 4 is 28.4 Å². The van der Waals surface area contributed by atoms with Crippen LogP contribution >= 0.6 is 0 Å². The van der Waals surface area contributed by atoms with Crippen LogP contribution in [0.2, 0.25) is 0 Å². The van der Waals surface area contributed by atoms with E-state index in [-0.39, 0.29) is 5.57 Å². The van der Waals surface area contributed by atoms with E-state index in [1.54, 1.807) is 6.07 Å². The van der Waals surface area contributed by atoms with Crippen molar-refractivity contribution in [3.8, 4) is 17.4 Å². The van der Waals surface area contributed by atoms with Crippen molar-refractivity contribution in [2.24, 2.45) is 0 Å². The van der Waals surface area contributed by atoms with Gasteiger partial charge in [0.2, 0.25) is 0 Å². The van der Waals surface area contributed by atoms with Crippen LogP contribution in [0.15, 0.2) is 58.5 Å². The van der Waals surface area contributed by atoms with E-state index < -0.39 is 5.91 Å². The number of carbonyl (C=O) groups is 1. The highest BCUT2D eigenvalue weighted by Crippen LogP contribution is 2.29. The number of carbonyl (C=O) groups excluding carboxylic acids is 1. The largest absolute Gasteiger partial charge is 0.457 e. The number of nitrogens with zero attached hydrogens (tertiary/aromatic N) is 2. The topological polar surface area (TPSA) is 87.7 Å². The number of fused-ring (bicyclic) bond motifs is 1. The van der Waals surface area contributed by atoms with Crippen LogP contribution in [0.25, 0.3) is 28.2 Å². The number of hydrogen-bond acceptors (Lipinski definition) is 6. The summed E-state index contributed by atoms with van der Waals surface area (Å²) in [5, 5.41) is 14.3. The van der Waals surface area contributed by atoms with E-state index in [2.05, 4.69) is 40.5 Å².